The molecule has 0 spiro atoms. The molecule has 206 valence electrons. The minimum Gasteiger partial charge on any atom is -0.479 e. The molecule has 2 aromatic carbocycles. The molecule has 6 nitrogen and oxygen atoms in total. The predicted octanol–water partition coefficient (Wildman–Crippen LogP) is 6.82. The lowest BCUT2D eigenvalue weighted by Gasteiger charge is -2.41. The molecular formula is C32H44N2O4. The molecule has 0 aliphatic carbocycles. The number of hydrogen-bond acceptors (Lipinski definition) is 3. The molecule has 1 N–H and O–H groups in total. The average molecular weight is 521 g/mol. The van der Waals surface area contributed by atoms with E-state index < -0.39 is 17.7 Å². The standard InChI is InChI=1S/C32H44N2O4/c1-20-9-11-23(12-10-20)26-21(2)24-13-16-34(30(37)33-17-14-32(7,8)15-18-33)19-25(24)22(3)27(26)28(29(35)36)38-31(4,5)6/h9-12,28H,13-19H2,1-8H3,(H,35,36). The Balaban J connectivity index is 1.80. The smallest absolute Gasteiger partial charge is 0.337 e. The van der Waals surface area contributed by atoms with Crippen LogP contribution in [0.15, 0.2) is 24.3 Å². The zero-order chi connectivity index (χ0) is 28.0. The van der Waals surface area contributed by atoms with Gasteiger partial charge in [0.1, 0.15) is 0 Å². The van der Waals surface area contributed by atoms with E-state index in [1.54, 1.807) is 0 Å². The number of aryl methyl sites for hydroxylation is 1. The van der Waals surface area contributed by atoms with Crippen LogP contribution in [0.3, 0.4) is 0 Å². The fourth-order valence-corrected chi connectivity index (χ4v) is 5.90. The van der Waals surface area contributed by atoms with Crippen LogP contribution in [-0.4, -0.2) is 52.1 Å². The molecule has 2 aliphatic heterocycles. The van der Waals surface area contributed by atoms with Crippen molar-refractivity contribution in [3.8, 4) is 11.1 Å². The maximum absolute atomic E-state index is 13.5. The lowest BCUT2D eigenvalue weighted by atomic mass is 9.80. The Hall–Kier alpha value is -2.86. The van der Waals surface area contributed by atoms with Gasteiger partial charge in [-0.05, 0) is 99.6 Å². The number of benzene rings is 2. The molecule has 0 saturated carbocycles. The minimum atomic E-state index is -1.12. The van der Waals surface area contributed by atoms with Gasteiger partial charge in [0.15, 0.2) is 6.10 Å². The molecule has 1 unspecified atom stereocenters. The summed E-state index contributed by atoms with van der Waals surface area (Å²) in [7, 11) is 0. The number of urea groups is 1. The predicted molar refractivity (Wildman–Crippen MR) is 151 cm³/mol. The van der Waals surface area contributed by atoms with E-state index in [1.165, 1.54) is 5.56 Å². The van der Waals surface area contributed by atoms with Crippen molar-refractivity contribution in [3.05, 3.63) is 57.6 Å². The fourth-order valence-electron chi connectivity index (χ4n) is 5.90. The van der Waals surface area contributed by atoms with Crippen molar-refractivity contribution in [2.45, 2.75) is 92.9 Å². The van der Waals surface area contributed by atoms with Crippen LogP contribution < -0.4 is 0 Å². The number of carboxylic acid groups (broad SMARTS) is 1. The normalized spacial score (nSPS) is 18.2. The van der Waals surface area contributed by atoms with Crippen molar-refractivity contribution < 1.29 is 19.4 Å². The van der Waals surface area contributed by atoms with Crippen LogP contribution >= 0.6 is 0 Å². The third kappa shape index (κ3) is 5.75. The monoisotopic (exact) mass is 520 g/mol. The molecule has 2 aromatic rings. The van der Waals surface area contributed by atoms with E-state index >= 15 is 0 Å². The molecular weight excluding hydrogens is 476 g/mol. The number of amides is 2. The Morgan fingerprint density at radius 3 is 2.08 bits per heavy atom. The number of piperidine rings is 1. The van der Waals surface area contributed by atoms with Gasteiger partial charge in [-0.2, -0.15) is 0 Å². The average Bonchev–Trinajstić information content (AvgIpc) is 2.84. The van der Waals surface area contributed by atoms with E-state index in [2.05, 4.69) is 45.0 Å². The summed E-state index contributed by atoms with van der Waals surface area (Å²) in [5.74, 6) is -1.00. The van der Waals surface area contributed by atoms with E-state index in [0.717, 1.165) is 65.7 Å². The zero-order valence-corrected chi connectivity index (χ0v) is 24.4. The number of nitrogens with zero attached hydrogens (tertiary/aromatic N) is 2. The van der Waals surface area contributed by atoms with Crippen molar-refractivity contribution in [2.75, 3.05) is 19.6 Å². The SMILES string of the molecule is Cc1ccc(-c2c(C)c3c(c(C)c2C(OC(C)(C)C)C(=O)O)CN(C(=O)N2CCC(C)(C)CC2)CC3)cc1. The number of fused-ring (bicyclic) bond motifs is 1. The van der Waals surface area contributed by atoms with E-state index in [1.807, 2.05) is 44.4 Å². The van der Waals surface area contributed by atoms with Crippen molar-refractivity contribution in [1.29, 1.82) is 0 Å². The Kier molecular flexibility index (Phi) is 7.68. The van der Waals surface area contributed by atoms with E-state index in [9.17, 15) is 14.7 Å². The molecule has 0 aromatic heterocycles. The van der Waals surface area contributed by atoms with Gasteiger partial charge in [-0.25, -0.2) is 9.59 Å². The second-order valence-corrected chi connectivity index (χ2v) is 12.9. The first-order chi connectivity index (χ1) is 17.7. The largest absolute Gasteiger partial charge is 0.479 e. The Labute approximate surface area is 228 Å². The van der Waals surface area contributed by atoms with Crippen LogP contribution in [0.25, 0.3) is 11.1 Å². The van der Waals surface area contributed by atoms with Crippen LogP contribution in [0.1, 0.15) is 86.9 Å². The number of hydrogen-bond donors (Lipinski definition) is 1. The maximum atomic E-state index is 13.5. The molecule has 2 aliphatic rings. The van der Waals surface area contributed by atoms with Crippen molar-refractivity contribution >= 4 is 12.0 Å². The highest BCUT2D eigenvalue weighted by molar-refractivity contribution is 5.84. The number of carbonyl (C=O) groups is 2. The molecule has 2 amide bonds. The lowest BCUT2D eigenvalue weighted by molar-refractivity contribution is -0.160. The topological polar surface area (TPSA) is 70.1 Å². The fraction of sp³-hybridized carbons (Fsp3) is 0.562. The van der Waals surface area contributed by atoms with Crippen LogP contribution in [0.4, 0.5) is 4.79 Å². The lowest BCUT2D eigenvalue weighted by Crippen LogP contribution is -2.49. The highest BCUT2D eigenvalue weighted by Crippen LogP contribution is 2.43. The number of aliphatic carboxylic acids is 1. The van der Waals surface area contributed by atoms with E-state index in [4.69, 9.17) is 4.74 Å². The van der Waals surface area contributed by atoms with Crippen LogP contribution in [0.5, 0.6) is 0 Å². The van der Waals surface area contributed by atoms with Gasteiger partial charge in [0.2, 0.25) is 0 Å². The van der Waals surface area contributed by atoms with Crippen LogP contribution in [-0.2, 0) is 22.5 Å². The molecule has 0 radical (unpaired) electrons. The van der Waals surface area contributed by atoms with Gasteiger partial charge in [0, 0.05) is 31.7 Å². The highest BCUT2D eigenvalue weighted by atomic mass is 16.5. The summed E-state index contributed by atoms with van der Waals surface area (Å²) in [5.41, 5.74) is 7.70. The van der Waals surface area contributed by atoms with Gasteiger partial charge >= 0.3 is 12.0 Å². The van der Waals surface area contributed by atoms with Gasteiger partial charge < -0.3 is 19.6 Å². The van der Waals surface area contributed by atoms with Crippen molar-refractivity contribution in [3.63, 3.8) is 0 Å². The number of carbonyl (C=O) groups excluding carboxylic acids is 1. The Morgan fingerprint density at radius 1 is 0.921 bits per heavy atom. The summed E-state index contributed by atoms with van der Waals surface area (Å²) < 4.78 is 6.20. The van der Waals surface area contributed by atoms with E-state index in [-0.39, 0.29) is 11.4 Å². The van der Waals surface area contributed by atoms with Gasteiger partial charge in [0.25, 0.3) is 0 Å². The summed E-state index contributed by atoms with van der Waals surface area (Å²) in [6, 6.07) is 8.36. The summed E-state index contributed by atoms with van der Waals surface area (Å²) >= 11 is 0. The molecule has 6 heteroatoms. The molecule has 38 heavy (non-hydrogen) atoms. The molecule has 1 fully saturated rings. The highest BCUT2D eigenvalue weighted by Gasteiger charge is 2.36. The van der Waals surface area contributed by atoms with Gasteiger partial charge in [-0.3, -0.25) is 0 Å². The molecule has 4 rings (SSSR count). The van der Waals surface area contributed by atoms with Crippen LogP contribution in [0, 0.1) is 26.2 Å². The number of carboxylic acids is 1. The van der Waals surface area contributed by atoms with Gasteiger partial charge in [0.05, 0.1) is 5.60 Å². The summed E-state index contributed by atoms with van der Waals surface area (Å²) in [5, 5.41) is 10.4. The molecule has 1 atom stereocenters. The minimum absolute atomic E-state index is 0.0908. The van der Waals surface area contributed by atoms with Crippen molar-refractivity contribution in [1.82, 2.24) is 9.80 Å². The maximum Gasteiger partial charge on any atom is 0.337 e. The second-order valence-electron chi connectivity index (χ2n) is 12.9. The van der Waals surface area contributed by atoms with Gasteiger partial charge in [-0.1, -0.05) is 43.7 Å². The first-order valence-electron chi connectivity index (χ1n) is 13.8. The first kappa shape index (κ1) is 28.2. The van der Waals surface area contributed by atoms with Crippen LogP contribution in [0.2, 0.25) is 0 Å². The first-order valence-corrected chi connectivity index (χ1v) is 13.8. The third-order valence-corrected chi connectivity index (χ3v) is 8.25. The van der Waals surface area contributed by atoms with Gasteiger partial charge in [-0.15, -0.1) is 0 Å². The quantitative estimate of drug-likeness (QED) is 0.480. The number of rotatable bonds is 4. The molecule has 2 heterocycles. The summed E-state index contributed by atoms with van der Waals surface area (Å²) in [4.78, 5) is 30.2. The summed E-state index contributed by atoms with van der Waals surface area (Å²) in [6.45, 7) is 19.1. The summed E-state index contributed by atoms with van der Waals surface area (Å²) in [6.07, 6.45) is 1.65. The Morgan fingerprint density at radius 2 is 1.53 bits per heavy atom. The molecule has 1 saturated heterocycles. The number of ether oxygens (including phenoxy) is 1. The van der Waals surface area contributed by atoms with E-state index in [0.29, 0.717) is 18.7 Å². The Bertz CT molecular complexity index is 1210. The third-order valence-electron chi connectivity index (χ3n) is 8.25. The second kappa shape index (κ2) is 10.4. The molecule has 0 bridgehead atoms. The van der Waals surface area contributed by atoms with Crippen molar-refractivity contribution in [2.24, 2.45) is 5.41 Å². The zero-order valence-electron chi connectivity index (χ0n) is 24.4. The number of likely N-dealkylation sites (tertiary alicyclic amines) is 1.